The number of anilines is 1. The zero-order valence-corrected chi connectivity index (χ0v) is 10.9. The van der Waals surface area contributed by atoms with E-state index in [-0.39, 0.29) is 5.69 Å². The second kappa shape index (κ2) is 4.59. The van der Waals surface area contributed by atoms with Crippen molar-refractivity contribution in [2.45, 2.75) is 13.3 Å². The van der Waals surface area contributed by atoms with Crippen LogP contribution >= 0.6 is 0 Å². The fourth-order valence-electron chi connectivity index (χ4n) is 2.32. The van der Waals surface area contributed by atoms with Crippen molar-refractivity contribution in [1.29, 1.82) is 0 Å². The van der Waals surface area contributed by atoms with Gasteiger partial charge in [-0.1, -0.05) is 13.0 Å². The fourth-order valence-corrected chi connectivity index (χ4v) is 2.32. The van der Waals surface area contributed by atoms with Gasteiger partial charge in [0.05, 0.1) is 16.7 Å². The van der Waals surface area contributed by atoms with Crippen molar-refractivity contribution >= 4 is 16.7 Å². The third kappa shape index (κ3) is 1.82. The maximum absolute atomic E-state index is 14.0. The largest absolute Gasteiger partial charge is 0.399 e. The van der Waals surface area contributed by atoms with Crippen LogP contribution in [-0.2, 0) is 6.42 Å². The minimum Gasteiger partial charge on any atom is -0.399 e. The summed E-state index contributed by atoms with van der Waals surface area (Å²) < 4.78 is 29.1. The zero-order chi connectivity index (χ0) is 14.3. The number of aromatic nitrogens is 2. The van der Waals surface area contributed by atoms with Crippen LogP contribution in [0.1, 0.15) is 12.7 Å². The Bertz CT molecular complexity index is 793. The van der Waals surface area contributed by atoms with Crippen LogP contribution < -0.4 is 5.73 Å². The molecule has 2 aromatic carbocycles. The lowest BCUT2D eigenvalue weighted by Crippen LogP contribution is -2.04. The molecule has 1 aromatic heterocycles. The van der Waals surface area contributed by atoms with Gasteiger partial charge in [0.1, 0.15) is 5.82 Å². The van der Waals surface area contributed by atoms with Crippen LogP contribution in [-0.4, -0.2) is 9.55 Å². The molecule has 20 heavy (non-hydrogen) atoms. The van der Waals surface area contributed by atoms with Gasteiger partial charge in [-0.25, -0.2) is 13.8 Å². The number of aryl methyl sites for hydroxylation is 1. The lowest BCUT2D eigenvalue weighted by atomic mass is 10.2. The summed E-state index contributed by atoms with van der Waals surface area (Å²) >= 11 is 0. The van der Waals surface area contributed by atoms with E-state index in [9.17, 15) is 8.78 Å². The highest BCUT2D eigenvalue weighted by atomic mass is 19.2. The third-order valence-corrected chi connectivity index (χ3v) is 3.24. The molecule has 3 rings (SSSR count). The minimum atomic E-state index is -0.877. The van der Waals surface area contributed by atoms with E-state index in [0.717, 1.165) is 6.07 Å². The average Bonchev–Trinajstić information content (AvgIpc) is 2.79. The number of imidazole rings is 1. The van der Waals surface area contributed by atoms with Crippen molar-refractivity contribution in [2.75, 3.05) is 5.73 Å². The highest BCUT2D eigenvalue weighted by molar-refractivity contribution is 5.81. The van der Waals surface area contributed by atoms with E-state index in [1.165, 1.54) is 12.1 Å². The lowest BCUT2D eigenvalue weighted by Gasteiger charge is -2.09. The van der Waals surface area contributed by atoms with Gasteiger partial charge in [0.25, 0.3) is 0 Å². The Hall–Kier alpha value is -2.43. The number of halogens is 2. The maximum Gasteiger partial charge on any atom is 0.182 e. The first-order valence-corrected chi connectivity index (χ1v) is 6.33. The number of nitrogens with zero attached hydrogens (tertiary/aromatic N) is 2. The summed E-state index contributed by atoms with van der Waals surface area (Å²) in [6.45, 7) is 1.91. The van der Waals surface area contributed by atoms with Gasteiger partial charge in [0.15, 0.2) is 11.6 Å². The summed E-state index contributed by atoms with van der Waals surface area (Å²) in [5.74, 6) is -1.09. The Labute approximate surface area is 114 Å². The Balaban J connectivity index is 2.37. The van der Waals surface area contributed by atoms with E-state index in [1.807, 2.05) is 6.92 Å². The average molecular weight is 273 g/mol. The second-order valence-corrected chi connectivity index (χ2v) is 4.54. The Morgan fingerprint density at radius 3 is 2.75 bits per heavy atom. The molecule has 0 saturated carbocycles. The molecule has 0 radical (unpaired) electrons. The van der Waals surface area contributed by atoms with Crippen molar-refractivity contribution < 1.29 is 8.78 Å². The highest BCUT2D eigenvalue weighted by Crippen LogP contribution is 2.26. The quantitative estimate of drug-likeness (QED) is 0.727. The molecule has 5 heteroatoms. The topological polar surface area (TPSA) is 43.8 Å². The van der Waals surface area contributed by atoms with Gasteiger partial charge in [0.2, 0.25) is 0 Å². The molecular formula is C15H13F2N3. The summed E-state index contributed by atoms with van der Waals surface area (Å²) in [6.07, 6.45) is 0.602. The lowest BCUT2D eigenvalue weighted by molar-refractivity contribution is 0.504. The van der Waals surface area contributed by atoms with Crippen LogP contribution in [0.25, 0.3) is 16.7 Å². The smallest absolute Gasteiger partial charge is 0.182 e. The van der Waals surface area contributed by atoms with E-state index in [2.05, 4.69) is 4.98 Å². The van der Waals surface area contributed by atoms with Gasteiger partial charge in [-0.3, -0.25) is 4.57 Å². The van der Waals surface area contributed by atoms with Crippen LogP contribution in [0, 0.1) is 11.6 Å². The standard InChI is InChI=1S/C15H13F2N3/c1-2-14-19-11-8-9(18)6-7-12(11)20(14)13-5-3-4-10(16)15(13)17/h3-8H,2,18H2,1H3. The molecule has 102 valence electrons. The Morgan fingerprint density at radius 2 is 2.00 bits per heavy atom. The first-order valence-electron chi connectivity index (χ1n) is 6.33. The Kier molecular flexibility index (Phi) is 2.89. The van der Waals surface area contributed by atoms with Crippen molar-refractivity contribution in [1.82, 2.24) is 9.55 Å². The molecule has 0 amide bonds. The van der Waals surface area contributed by atoms with E-state index >= 15 is 0 Å². The van der Waals surface area contributed by atoms with Crippen molar-refractivity contribution in [3.8, 4) is 5.69 Å². The van der Waals surface area contributed by atoms with Crippen molar-refractivity contribution in [2.24, 2.45) is 0 Å². The number of hydrogen-bond acceptors (Lipinski definition) is 2. The van der Waals surface area contributed by atoms with Crippen molar-refractivity contribution in [3.05, 3.63) is 53.9 Å². The molecule has 0 unspecified atom stereocenters. The van der Waals surface area contributed by atoms with Gasteiger partial charge < -0.3 is 5.73 Å². The molecule has 0 spiro atoms. The van der Waals surface area contributed by atoms with Crippen LogP contribution in [0.2, 0.25) is 0 Å². The monoisotopic (exact) mass is 273 g/mol. The summed E-state index contributed by atoms with van der Waals surface area (Å²) in [6, 6.07) is 9.33. The second-order valence-electron chi connectivity index (χ2n) is 4.54. The fraction of sp³-hybridized carbons (Fsp3) is 0.133. The Morgan fingerprint density at radius 1 is 1.20 bits per heavy atom. The summed E-state index contributed by atoms with van der Waals surface area (Å²) in [5, 5.41) is 0. The van der Waals surface area contributed by atoms with E-state index in [4.69, 9.17) is 5.73 Å². The summed E-state index contributed by atoms with van der Waals surface area (Å²) in [4.78, 5) is 4.43. The van der Waals surface area contributed by atoms with Crippen LogP contribution in [0.5, 0.6) is 0 Å². The van der Waals surface area contributed by atoms with Gasteiger partial charge in [-0.2, -0.15) is 0 Å². The number of hydrogen-bond donors (Lipinski definition) is 1. The molecule has 2 N–H and O–H groups in total. The molecule has 3 nitrogen and oxygen atoms in total. The maximum atomic E-state index is 14.0. The van der Waals surface area contributed by atoms with E-state index in [1.54, 1.807) is 22.8 Å². The minimum absolute atomic E-state index is 0.161. The summed E-state index contributed by atoms with van der Waals surface area (Å²) in [7, 11) is 0. The number of rotatable bonds is 2. The first kappa shape index (κ1) is 12.6. The van der Waals surface area contributed by atoms with Crippen LogP contribution in [0.3, 0.4) is 0 Å². The molecule has 0 atom stereocenters. The summed E-state index contributed by atoms with van der Waals surface area (Å²) in [5.41, 5.74) is 7.86. The predicted octanol–water partition coefficient (Wildman–Crippen LogP) is 3.45. The molecule has 0 saturated heterocycles. The number of fused-ring (bicyclic) bond motifs is 1. The molecule has 0 bridgehead atoms. The molecule has 0 aliphatic carbocycles. The highest BCUT2D eigenvalue weighted by Gasteiger charge is 2.16. The number of nitrogen functional groups attached to an aromatic ring is 1. The molecule has 1 heterocycles. The van der Waals surface area contributed by atoms with E-state index in [0.29, 0.717) is 29.0 Å². The van der Waals surface area contributed by atoms with Crippen molar-refractivity contribution in [3.63, 3.8) is 0 Å². The van der Waals surface area contributed by atoms with Crippen LogP contribution in [0.4, 0.5) is 14.5 Å². The number of benzene rings is 2. The van der Waals surface area contributed by atoms with Crippen LogP contribution in [0.15, 0.2) is 36.4 Å². The zero-order valence-electron chi connectivity index (χ0n) is 10.9. The van der Waals surface area contributed by atoms with E-state index < -0.39 is 11.6 Å². The predicted molar refractivity (Wildman–Crippen MR) is 74.8 cm³/mol. The van der Waals surface area contributed by atoms with Gasteiger partial charge in [-0.05, 0) is 30.3 Å². The molecule has 3 aromatic rings. The molecule has 0 aliphatic rings. The normalized spacial score (nSPS) is 11.2. The molecular weight excluding hydrogens is 260 g/mol. The third-order valence-electron chi connectivity index (χ3n) is 3.24. The van der Waals surface area contributed by atoms with Gasteiger partial charge >= 0.3 is 0 Å². The first-order chi connectivity index (χ1) is 9.61. The van der Waals surface area contributed by atoms with Gasteiger partial charge in [-0.15, -0.1) is 0 Å². The molecule has 0 aliphatic heterocycles. The SMILES string of the molecule is CCc1nc2cc(N)ccc2n1-c1cccc(F)c1F. The number of nitrogens with two attached hydrogens (primary N) is 1. The van der Waals surface area contributed by atoms with Gasteiger partial charge in [0, 0.05) is 12.1 Å². The molecule has 0 fully saturated rings.